The molecule has 3 aromatic rings. The summed E-state index contributed by atoms with van der Waals surface area (Å²) in [5.41, 5.74) is 3.71. The lowest BCUT2D eigenvalue weighted by Crippen LogP contribution is -2.30. The summed E-state index contributed by atoms with van der Waals surface area (Å²) < 4.78 is 10.4. The normalized spacial score (nSPS) is 11.2. The molecule has 0 saturated carbocycles. The first-order valence-corrected chi connectivity index (χ1v) is 10.6. The van der Waals surface area contributed by atoms with Crippen molar-refractivity contribution in [3.8, 4) is 17.4 Å². The molecule has 3 amide bonds. The Morgan fingerprint density at radius 1 is 1.21 bits per heavy atom. The maximum Gasteiger partial charge on any atom is 0.407 e. The minimum atomic E-state index is -0.732. The number of hydrogen-bond acceptors (Lipinski definition) is 7. The molecule has 0 aliphatic carbocycles. The summed E-state index contributed by atoms with van der Waals surface area (Å²) in [6, 6.07) is 14.0. The summed E-state index contributed by atoms with van der Waals surface area (Å²) in [6.45, 7) is 1.72. The molecule has 3 rings (SSSR count). The third-order valence-corrected chi connectivity index (χ3v) is 4.86. The van der Waals surface area contributed by atoms with E-state index in [9.17, 15) is 14.7 Å². The van der Waals surface area contributed by atoms with Gasteiger partial charge >= 0.3 is 12.1 Å². The van der Waals surface area contributed by atoms with Gasteiger partial charge in [0.15, 0.2) is 12.2 Å². The number of alkyl carbamates (subject to hydrolysis) is 1. The number of aromatic nitrogens is 1. The van der Waals surface area contributed by atoms with Crippen molar-refractivity contribution < 1.29 is 23.8 Å². The Labute approximate surface area is 196 Å². The summed E-state index contributed by atoms with van der Waals surface area (Å²) in [6.07, 6.45) is 2.01. The number of oxazole rings is 1. The van der Waals surface area contributed by atoms with E-state index < -0.39 is 18.2 Å². The molecule has 0 radical (unpaired) electrons. The molecule has 0 aliphatic rings. The second-order valence-electron chi connectivity index (χ2n) is 7.44. The summed E-state index contributed by atoms with van der Waals surface area (Å²) in [5, 5.41) is 25.9. The summed E-state index contributed by atoms with van der Waals surface area (Å²) in [4.78, 5) is 28.3. The molecule has 0 fully saturated rings. The van der Waals surface area contributed by atoms with Crippen molar-refractivity contribution in [1.29, 1.82) is 5.26 Å². The van der Waals surface area contributed by atoms with Crippen LogP contribution in [0, 0.1) is 18.3 Å². The number of ether oxygens (including phenoxy) is 1. The number of carbonyl (C=O) groups excluding carboxylic acids is 2. The number of nitrogens with one attached hydrogen (secondary N) is 3. The van der Waals surface area contributed by atoms with E-state index in [1.165, 1.54) is 6.39 Å². The molecule has 1 aromatic heterocycles. The van der Waals surface area contributed by atoms with Gasteiger partial charge in [0.2, 0.25) is 0 Å². The Hall–Kier alpha value is -4.36. The maximum atomic E-state index is 12.4. The number of aryl methyl sites for hydroxylation is 1. The number of anilines is 2. The fraction of sp³-hybridized carbons (Fsp3) is 0.250. The van der Waals surface area contributed by atoms with Gasteiger partial charge in [-0.2, -0.15) is 5.26 Å². The van der Waals surface area contributed by atoms with Crippen LogP contribution in [-0.4, -0.2) is 34.9 Å². The average Bonchev–Trinajstić information content (AvgIpc) is 3.35. The highest BCUT2D eigenvalue weighted by atomic mass is 16.6. The third-order valence-electron chi connectivity index (χ3n) is 4.86. The number of aliphatic hydroxyl groups excluding tert-OH is 1. The monoisotopic (exact) mass is 463 g/mol. The summed E-state index contributed by atoms with van der Waals surface area (Å²) >= 11 is 0. The predicted molar refractivity (Wildman–Crippen MR) is 125 cm³/mol. The number of hydrogen-bond donors (Lipinski definition) is 4. The zero-order chi connectivity index (χ0) is 24.3. The molecule has 4 N–H and O–H groups in total. The van der Waals surface area contributed by atoms with E-state index in [-0.39, 0.29) is 26.0 Å². The lowest BCUT2D eigenvalue weighted by atomic mass is 10.1. The number of nitriles is 1. The van der Waals surface area contributed by atoms with Crippen molar-refractivity contribution in [3.05, 3.63) is 66.2 Å². The van der Waals surface area contributed by atoms with E-state index >= 15 is 0 Å². The van der Waals surface area contributed by atoms with Gasteiger partial charge in [-0.05, 0) is 54.8 Å². The van der Waals surface area contributed by atoms with E-state index in [4.69, 9.17) is 14.4 Å². The summed E-state index contributed by atoms with van der Waals surface area (Å²) in [5.74, 6) is 0.650. The molecule has 0 aliphatic heterocycles. The molecule has 0 spiro atoms. The van der Waals surface area contributed by atoms with Gasteiger partial charge in [0.1, 0.15) is 6.10 Å². The van der Waals surface area contributed by atoms with Crippen LogP contribution in [0.3, 0.4) is 0 Å². The lowest BCUT2D eigenvalue weighted by molar-refractivity contribution is 0.0533. The SMILES string of the molecule is Cc1cc(NC(=O)Nc2cccc(CNC(=O)O[C@@H](CO)CCC#N)c2)ccc1-c1cnco1. The molecule has 10 nitrogen and oxygen atoms in total. The van der Waals surface area contributed by atoms with E-state index in [0.29, 0.717) is 17.1 Å². The number of carbonyl (C=O) groups is 2. The Morgan fingerprint density at radius 2 is 2.00 bits per heavy atom. The molecule has 2 aromatic carbocycles. The Bertz CT molecular complexity index is 1160. The van der Waals surface area contributed by atoms with Gasteiger partial charge in [-0.3, -0.25) is 0 Å². The average molecular weight is 463 g/mol. The van der Waals surface area contributed by atoms with Gasteiger partial charge in [-0.15, -0.1) is 0 Å². The van der Waals surface area contributed by atoms with E-state index in [2.05, 4.69) is 20.9 Å². The Morgan fingerprint density at radius 3 is 2.68 bits per heavy atom. The second-order valence-corrected chi connectivity index (χ2v) is 7.44. The first-order valence-electron chi connectivity index (χ1n) is 10.6. The van der Waals surface area contributed by atoms with Crippen molar-refractivity contribution >= 4 is 23.5 Å². The molecule has 1 heterocycles. The highest BCUT2D eigenvalue weighted by Gasteiger charge is 2.13. The number of nitrogens with zero attached hydrogens (tertiary/aromatic N) is 2. The zero-order valence-corrected chi connectivity index (χ0v) is 18.6. The number of rotatable bonds is 9. The minimum absolute atomic E-state index is 0.161. The molecule has 34 heavy (non-hydrogen) atoms. The third kappa shape index (κ3) is 7.08. The van der Waals surface area contributed by atoms with Gasteiger partial charge in [0.25, 0.3) is 0 Å². The van der Waals surface area contributed by atoms with Crippen LogP contribution in [0.25, 0.3) is 11.3 Å². The first kappa shape index (κ1) is 24.3. The number of aliphatic hydroxyl groups is 1. The molecular weight excluding hydrogens is 438 g/mol. The van der Waals surface area contributed by atoms with Crippen LogP contribution in [-0.2, 0) is 11.3 Å². The van der Waals surface area contributed by atoms with Crippen molar-refractivity contribution in [2.45, 2.75) is 32.4 Å². The van der Waals surface area contributed by atoms with E-state index in [0.717, 1.165) is 16.7 Å². The van der Waals surface area contributed by atoms with Crippen molar-refractivity contribution in [2.24, 2.45) is 0 Å². The molecule has 0 bridgehead atoms. The standard InChI is InChI=1S/C24H25N5O5/c1-16-10-19(7-8-21(16)22-13-26-15-33-22)29-23(31)28-18-5-2-4-17(11-18)12-27-24(32)34-20(14-30)6-3-9-25/h2,4-5,7-8,10-11,13,15,20,30H,3,6,12,14H2,1H3,(H,27,32)(H2,28,29,31)/t20-/m1/s1. The smallest absolute Gasteiger partial charge is 0.407 e. The first-order chi connectivity index (χ1) is 16.5. The van der Waals surface area contributed by atoms with Gasteiger partial charge in [0, 0.05) is 29.9 Å². The highest BCUT2D eigenvalue weighted by Crippen LogP contribution is 2.25. The van der Waals surface area contributed by atoms with Crippen LogP contribution in [0.1, 0.15) is 24.0 Å². The van der Waals surface area contributed by atoms with E-state index in [1.807, 2.05) is 25.1 Å². The lowest BCUT2D eigenvalue weighted by Gasteiger charge is -2.15. The van der Waals surface area contributed by atoms with Gasteiger partial charge in [0.05, 0.1) is 18.9 Å². The minimum Gasteiger partial charge on any atom is -0.444 e. The zero-order valence-electron chi connectivity index (χ0n) is 18.6. The number of urea groups is 1. The second kappa shape index (κ2) is 12.0. The quantitative estimate of drug-likeness (QED) is 0.372. The molecule has 176 valence electrons. The van der Waals surface area contributed by atoms with Gasteiger partial charge < -0.3 is 30.2 Å². The molecule has 1 atom stereocenters. The highest BCUT2D eigenvalue weighted by molar-refractivity contribution is 6.00. The van der Waals surface area contributed by atoms with Crippen molar-refractivity contribution in [2.75, 3.05) is 17.2 Å². The molecule has 0 unspecified atom stereocenters. The van der Waals surface area contributed by atoms with Gasteiger partial charge in [-0.1, -0.05) is 12.1 Å². The predicted octanol–water partition coefficient (Wildman–Crippen LogP) is 4.18. The van der Waals surface area contributed by atoms with Crippen LogP contribution in [0.15, 0.2) is 59.5 Å². The van der Waals surface area contributed by atoms with Crippen molar-refractivity contribution in [3.63, 3.8) is 0 Å². The number of benzene rings is 2. The molecule has 0 saturated heterocycles. The van der Waals surface area contributed by atoms with E-state index in [1.54, 1.807) is 36.5 Å². The van der Waals surface area contributed by atoms with Crippen LogP contribution >= 0.6 is 0 Å². The molecule has 10 heteroatoms. The largest absolute Gasteiger partial charge is 0.444 e. The fourth-order valence-electron chi connectivity index (χ4n) is 3.20. The Kier molecular flexibility index (Phi) is 8.60. The number of amides is 3. The van der Waals surface area contributed by atoms with Crippen LogP contribution in [0.2, 0.25) is 0 Å². The van der Waals surface area contributed by atoms with Crippen LogP contribution < -0.4 is 16.0 Å². The molecular formula is C24H25N5O5. The topological polar surface area (TPSA) is 150 Å². The Balaban J connectivity index is 1.52. The van der Waals surface area contributed by atoms with Crippen LogP contribution in [0.4, 0.5) is 21.0 Å². The fourth-order valence-corrected chi connectivity index (χ4v) is 3.20. The van der Waals surface area contributed by atoms with Gasteiger partial charge in [-0.25, -0.2) is 14.6 Å². The van der Waals surface area contributed by atoms with Crippen molar-refractivity contribution in [1.82, 2.24) is 10.3 Å². The van der Waals surface area contributed by atoms with Crippen LogP contribution in [0.5, 0.6) is 0 Å². The maximum absolute atomic E-state index is 12.4. The summed E-state index contributed by atoms with van der Waals surface area (Å²) in [7, 11) is 0.